The Morgan fingerprint density at radius 1 is 1.15 bits per heavy atom. The van der Waals surface area contributed by atoms with Crippen molar-refractivity contribution in [3.63, 3.8) is 0 Å². The topological polar surface area (TPSA) is 78.3 Å². The predicted molar refractivity (Wildman–Crippen MR) is 124 cm³/mol. The number of carbonyl (C=O) groups is 1. The average molecular weight is 447 g/mol. The van der Waals surface area contributed by atoms with E-state index in [1.807, 2.05) is 19.9 Å². The first-order valence-corrected chi connectivity index (χ1v) is 11.4. The Kier molecular flexibility index (Phi) is 5.58. The largest absolute Gasteiger partial charge is 0.387 e. The number of nitrogens with zero attached hydrogens (tertiary/aromatic N) is 3. The van der Waals surface area contributed by atoms with Crippen LogP contribution >= 0.6 is 0 Å². The number of carbonyl (C=O) groups excluding carboxylic acids is 1. The summed E-state index contributed by atoms with van der Waals surface area (Å²) >= 11 is 0. The molecule has 7 heteroatoms. The van der Waals surface area contributed by atoms with Crippen LogP contribution < -0.4 is 5.32 Å². The maximum Gasteiger partial charge on any atom is 0.254 e. The molecule has 6 nitrogen and oxygen atoms in total. The van der Waals surface area contributed by atoms with Gasteiger partial charge in [0.05, 0.1) is 24.4 Å². The third-order valence-electron chi connectivity index (χ3n) is 6.61. The van der Waals surface area contributed by atoms with Gasteiger partial charge in [0, 0.05) is 35.6 Å². The Hall–Kier alpha value is -3.32. The molecule has 0 radical (unpaired) electrons. The molecule has 1 aliphatic heterocycles. The molecule has 3 heterocycles. The van der Waals surface area contributed by atoms with Crippen LogP contribution in [0.5, 0.6) is 0 Å². The summed E-state index contributed by atoms with van der Waals surface area (Å²) in [5.41, 5.74) is 4.09. The van der Waals surface area contributed by atoms with Crippen molar-refractivity contribution in [3.8, 4) is 11.1 Å². The maximum absolute atomic E-state index is 15.1. The van der Waals surface area contributed by atoms with Crippen molar-refractivity contribution in [2.24, 2.45) is 5.92 Å². The van der Waals surface area contributed by atoms with Crippen LogP contribution in [0.3, 0.4) is 0 Å². The van der Waals surface area contributed by atoms with Crippen LogP contribution in [0.4, 0.5) is 10.2 Å². The molecule has 2 aromatic heterocycles. The third kappa shape index (κ3) is 4.09. The summed E-state index contributed by atoms with van der Waals surface area (Å²) in [6.07, 6.45) is 4.67. The number of anilines is 1. The van der Waals surface area contributed by atoms with Crippen molar-refractivity contribution in [3.05, 3.63) is 77.0 Å². The molecule has 1 aromatic carbocycles. The summed E-state index contributed by atoms with van der Waals surface area (Å²) in [6.45, 7) is 5.07. The highest BCUT2D eigenvalue weighted by Crippen LogP contribution is 2.41. The van der Waals surface area contributed by atoms with E-state index in [9.17, 15) is 9.90 Å². The lowest BCUT2D eigenvalue weighted by Gasteiger charge is -2.18. The highest BCUT2D eigenvalue weighted by atomic mass is 19.1. The second-order valence-corrected chi connectivity index (χ2v) is 8.86. The molecular weight excluding hydrogens is 419 g/mol. The van der Waals surface area contributed by atoms with Crippen molar-refractivity contribution in [1.29, 1.82) is 0 Å². The fraction of sp³-hybridized carbons (Fsp3) is 0.346. The number of aliphatic hydroxyl groups is 1. The van der Waals surface area contributed by atoms with Crippen LogP contribution in [0.1, 0.15) is 66.0 Å². The van der Waals surface area contributed by atoms with Crippen LogP contribution in [-0.4, -0.2) is 32.4 Å². The van der Waals surface area contributed by atoms with Crippen molar-refractivity contribution >= 4 is 11.7 Å². The summed E-state index contributed by atoms with van der Waals surface area (Å²) in [4.78, 5) is 23.0. The molecule has 1 saturated carbocycles. The van der Waals surface area contributed by atoms with E-state index < -0.39 is 6.10 Å². The van der Waals surface area contributed by atoms with E-state index >= 15 is 4.39 Å². The first-order valence-electron chi connectivity index (χ1n) is 11.4. The van der Waals surface area contributed by atoms with Crippen molar-refractivity contribution < 1.29 is 14.3 Å². The number of nitrogens with one attached hydrogen (secondary N) is 1. The fourth-order valence-electron chi connectivity index (χ4n) is 4.42. The molecule has 1 amide bonds. The van der Waals surface area contributed by atoms with Gasteiger partial charge in [-0.3, -0.25) is 9.78 Å². The number of amides is 1. The average Bonchev–Trinajstić information content (AvgIpc) is 3.62. The minimum absolute atomic E-state index is 0.0181. The number of hydrogen-bond acceptors (Lipinski definition) is 5. The van der Waals surface area contributed by atoms with Gasteiger partial charge < -0.3 is 15.3 Å². The molecule has 33 heavy (non-hydrogen) atoms. The van der Waals surface area contributed by atoms with Gasteiger partial charge in [0.25, 0.3) is 5.91 Å². The molecule has 0 spiro atoms. The standard InChI is InChI=1S/C26H27FN4O2/c1-3-31-14-21-20(26(31)33)9-11-29-25(21)30-15(2)17-6-7-19(22(27)12-17)18-8-10-28-23(13-18)24(32)16-4-5-16/h6-13,15-16,24,32H,3-5,14H2,1-2H3,(H,29,30)/t15-,24?/m0/s1. The molecule has 1 aliphatic carbocycles. The van der Waals surface area contributed by atoms with Gasteiger partial charge in [-0.25, -0.2) is 9.37 Å². The van der Waals surface area contributed by atoms with Crippen LogP contribution in [0.2, 0.25) is 0 Å². The van der Waals surface area contributed by atoms with Crippen molar-refractivity contribution in [1.82, 2.24) is 14.9 Å². The van der Waals surface area contributed by atoms with E-state index in [0.29, 0.717) is 41.3 Å². The monoisotopic (exact) mass is 446 g/mol. The normalized spacial score (nSPS) is 17.1. The molecule has 0 saturated heterocycles. The smallest absolute Gasteiger partial charge is 0.254 e. The highest BCUT2D eigenvalue weighted by molar-refractivity contribution is 5.99. The Morgan fingerprint density at radius 2 is 1.94 bits per heavy atom. The number of pyridine rings is 2. The van der Waals surface area contributed by atoms with Crippen molar-refractivity contribution in [2.75, 3.05) is 11.9 Å². The van der Waals surface area contributed by atoms with Crippen LogP contribution in [0.15, 0.2) is 48.8 Å². The summed E-state index contributed by atoms with van der Waals surface area (Å²) in [5, 5.41) is 13.7. The van der Waals surface area contributed by atoms with Crippen molar-refractivity contribution in [2.45, 2.75) is 45.4 Å². The van der Waals surface area contributed by atoms with E-state index in [0.717, 1.165) is 24.0 Å². The number of fused-ring (bicyclic) bond motifs is 1. The maximum atomic E-state index is 15.1. The molecule has 3 aromatic rings. The van der Waals surface area contributed by atoms with Gasteiger partial charge in [-0.2, -0.15) is 0 Å². The van der Waals surface area contributed by atoms with Crippen LogP contribution in [0, 0.1) is 11.7 Å². The van der Waals surface area contributed by atoms with Crippen LogP contribution in [0.25, 0.3) is 11.1 Å². The summed E-state index contributed by atoms with van der Waals surface area (Å²) in [7, 11) is 0. The first kappa shape index (κ1) is 21.5. The van der Waals surface area contributed by atoms with E-state index in [1.165, 1.54) is 6.07 Å². The van der Waals surface area contributed by atoms with Gasteiger partial charge >= 0.3 is 0 Å². The second-order valence-electron chi connectivity index (χ2n) is 8.86. The molecule has 2 aliphatic rings. The number of benzene rings is 1. The number of halogens is 1. The predicted octanol–water partition coefficient (Wildman–Crippen LogP) is 4.87. The summed E-state index contributed by atoms with van der Waals surface area (Å²) < 4.78 is 15.1. The van der Waals surface area contributed by atoms with E-state index in [2.05, 4.69) is 15.3 Å². The Labute approximate surface area is 192 Å². The Bertz CT molecular complexity index is 1210. The van der Waals surface area contributed by atoms with Crippen LogP contribution in [-0.2, 0) is 6.54 Å². The van der Waals surface area contributed by atoms with Gasteiger partial charge in [-0.1, -0.05) is 12.1 Å². The first-order chi connectivity index (χ1) is 16.0. The molecule has 1 unspecified atom stereocenters. The number of rotatable bonds is 7. The van der Waals surface area contributed by atoms with Gasteiger partial charge in [-0.15, -0.1) is 0 Å². The fourth-order valence-corrected chi connectivity index (χ4v) is 4.42. The summed E-state index contributed by atoms with van der Waals surface area (Å²) in [5.74, 6) is 0.601. The second kappa shape index (κ2) is 8.56. The lowest BCUT2D eigenvalue weighted by atomic mass is 9.99. The van der Waals surface area contributed by atoms with Gasteiger partial charge in [0.15, 0.2) is 0 Å². The zero-order valence-electron chi connectivity index (χ0n) is 18.8. The molecular formula is C26H27FN4O2. The van der Waals surface area contributed by atoms with E-state index in [1.54, 1.807) is 41.6 Å². The van der Waals surface area contributed by atoms with Gasteiger partial charge in [0.2, 0.25) is 0 Å². The molecule has 0 bridgehead atoms. The lowest BCUT2D eigenvalue weighted by molar-refractivity contribution is 0.0787. The van der Waals surface area contributed by atoms with Gasteiger partial charge in [0.1, 0.15) is 11.6 Å². The zero-order valence-corrected chi connectivity index (χ0v) is 18.8. The Morgan fingerprint density at radius 3 is 2.67 bits per heavy atom. The Balaban J connectivity index is 1.37. The molecule has 2 N–H and O–H groups in total. The molecule has 5 rings (SSSR count). The number of aliphatic hydroxyl groups excluding tert-OH is 1. The summed E-state index contributed by atoms with van der Waals surface area (Å²) in [6, 6.07) is 10.3. The third-order valence-corrected chi connectivity index (χ3v) is 6.61. The zero-order chi connectivity index (χ0) is 23.1. The molecule has 170 valence electrons. The highest BCUT2D eigenvalue weighted by Gasteiger charge is 2.32. The van der Waals surface area contributed by atoms with Gasteiger partial charge in [-0.05, 0) is 68.0 Å². The van der Waals surface area contributed by atoms with E-state index in [4.69, 9.17) is 0 Å². The number of aromatic nitrogens is 2. The minimum atomic E-state index is -0.591. The lowest BCUT2D eigenvalue weighted by Crippen LogP contribution is -2.22. The molecule has 2 atom stereocenters. The minimum Gasteiger partial charge on any atom is -0.387 e. The van der Waals surface area contributed by atoms with E-state index in [-0.39, 0.29) is 23.7 Å². The quantitative estimate of drug-likeness (QED) is 0.541. The number of hydrogen-bond donors (Lipinski definition) is 2. The molecule has 1 fully saturated rings. The SMILES string of the molecule is CCN1Cc2c(ccnc2N[C@@H](C)c2ccc(-c3ccnc(C(O)C4CC4)c3)c(F)c2)C1=O.